The summed E-state index contributed by atoms with van der Waals surface area (Å²) in [4.78, 5) is 23.3. The number of nitrogens with zero attached hydrogens (tertiary/aromatic N) is 3. The van der Waals surface area contributed by atoms with Gasteiger partial charge in [-0.1, -0.05) is 32.0 Å². The van der Waals surface area contributed by atoms with Crippen LogP contribution in [0.4, 0.5) is 11.4 Å². The van der Waals surface area contributed by atoms with E-state index >= 15 is 0 Å². The SMILES string of the molecule is Cc1cccc(C(C)C)c1NC(=O)c1ccc(N(C)CCc2ccncc2)cn1. The van der Waals surface area contributed by atoms with Gasteiger partial charge in [-0.3, -0.25) is 9.78 Å². The van der Waals surface area contributed by atoms with Crippen LogP contribution in [0.1, 0.15) is 46.9 Å². The van der Waals surface area contributed by atoms with Gasteiger partial charge >= 0.3 is 0 Å². The van der Waals surface area contributed by atoms with E-state index in [0.717, 1.165) is 35.5 Å². The number of aryl methyl sites for hydroxylation is 1. The maximum atomic E-state index is 12.7. The first-order valence-electron chi connectivity index (χ1n) is 9.92. The fourth-order valence-corrected chi connectivity index (χ4v) is 3.24. The van der Waals surface area contributed by atoms with Gasteiger partial charge < -0.3 is 10.2 Å². The summed E-state index contributed by atoms with van der Waals surface area (Å²) >= 11 is 0. The van der Waals surface area contributed by atoms with Crippen molar-refractivity contribution >= 4 is 17.3 Å². The Balaban J connectivity index is 1.66. The number of pyridine rings is 2. The van der Waals surface area contributed by atoms with Gasteiger partial charge in [0, 0.05) is 31.7 Å². The van der Waals surface area contributed by atoms with Gasteiger partial charge in [0.2, 0.25) is 0 Å². The lowest BCUT2D eigenvalue weighted by molar-refractivity contribution is 0.102. The van der Waals surface area contributed by atoms with Crippen molar-refractivity contribution in [2.24, 2.45) is 0 Å². The lowest BCUT2D eigenvalue weighted by Crippen LogP contribution is -2.21. The Morgan fingerprint density at radius 3 is 2.52 bits per heavy atom. The molecule has 0 spiro atoms. The van der Waals surface area contributed by atoms with E-state index in [1.165, 1.54) is 5.56 Å². The normalized spacial score (nSPS) is 10.8. The van der Waals surface area contributed by atoms with Crippen LogP contribution >= 0.6 is 0 Å². The van der Waals surface area contributed by atoms with Crippen molar-refractivity contribution in [1.82, 2.24) is 9.97 Å². The number of anilines is 2. The fraction of sp³-hybridized carbons (Fsp3) is 0.292. The lowest BCUT2D eigenvalue weighted by Gasteiger charge is -2.19. The summed E-state index contributed by atoms with van der Waals surface area (Å²) in [6.07, 6.45) is 6.29. The van der Waals surface area contributed by atoms with Crippen LogP contribution in [0.15, 0.2) is 61.1 Å². The number of nitrogens with one attached hydrogen (secondary N) is 1. The lowest BCUT2D eigenvalue weighted by atomic mass is 9.98. The Hall–Kier alpha value is -3.21. The zero-order chi connectivity index (χ0) is 20.8. The van der Waals surface area contributed by atoms with Crippen molar-refractivity contribution in [1.29, 1.82) is 0 Å². The van der Waals surface area contributed by atoms with Crippen LogP contribution in [-0.4, -0.2) is 29.5 Å². The topological polar surface area (TPSA) is 58.1 Å². The first-order valence-corrected chi connectivity index (χ1v) is 9.92. The number of aromatic nitrogens is 2. The summed E-state index contributed by atoms with van der Waals surface area (Å²) < 4.78 is 0. The first-order chi connectivity index (χ1) is 14.0. The molecule has 2 aromatic heterocycles. The van der Waals surface area contributed by atoms with E-state index in [0.29, 0.717) is 11.6 Å². The molecular weight excluding hydrogens is 360 g/mol. The van der Waals surface area contributed by atoms with Crippen LogP contribution in [0.25, 0.3) is 0 Å². The highest BCUT2D eigenvalue weighted by molar-refractivity contribution is 6.03. The van der Waals surface area contributed by atoms with Crippen LogP contribution in [0, 0.1) is 6.92 Å². The molecule has 3 aromatic rings. The predicted octanol–water partition coefficient (Wildman–Crippen LogP) is 4.84. The minimum absolute atomic E-state index is 0.188. The zero-order valence-corrected chi connectivity index (χ0v) is 17.5. The standard InChI is InChI=1S/C24H28N4O/c1-17(2)21-7-5-6-18(3)23(21)27-24(29)22-9-8-20(16-26-22)28(4)15-12-19-10-13-25-14-11-19/h5-11,13-14,16-17H,12,15H2,1-4H3,(H,27,29). The van der Waals surface area contributed by atoms with Gasteiger partial charge in [0.15, 0.2) is 0 Å². The molecule has 1 aromatic carbocycles. The molecular formula is C24H28N4O. The van der Waals surface area contributed by atoms with E-state index in [1.807, 2.05) is 56.7 Å². The molecule has 0 atom stereocenters. The van der Waals surface area contributed by atoms with E-state index < -0.39 is 0 Å². The second kappa shape index (κ2) is 9.32. The second-order valence-corrected chi connectivity index (χ2v) is 7.58. The second-order valence-electron chi connectivity index (χ2n) is 7.58. The molecule has 0 bridgehead atoms. The van der Waals surface area contributed by atoms with E-state index in [1.54, 1.807) is 12.3 Å². The Morgan fingerprint density at radius 1 is 1.10 bits per heavy atom. The van der Waals surface area contributed by atoms with Crippen LogP contribution < -0.4 is 10.2 Å². The summed E-state index contributed by atoms with van der Waals surface area (Å²) in [7, 11) is 2.03. The molecule has 0 aliphatic carbocycles. The molecule has 3 rings (SSSR count). The van der Waals surface area contributed by atoms with E-state index in [-0.39, 0.29) is 5.91 Å². The van der Waals surface area contributed by atoms with E-state index in [9.17, 15) is 4.79 Å². The van der Waals surface area contributed by atoms with E-state index in [2.05, 4.69) is 40.1 Å². The molecule has 0 saturated heterocycles. The molecule has 1 N–H and O–H groups in total. The minimum Gasteiger partial charge on any atom is -0.373 e. The van der Waals surface area contributed by atoms with Crippen LogP contribution in [0.2, 0.25) is 0 Å². The van der Waals surface area contributed by atoms with Crippen molar-refractivity contribution in [2.45, 2.75) is 33.1 Å². The van der Waals surface area contributed by atoms with Gasteiger partial charge in [-0.15, -0.1) is 0 Å². The Labute approximate surface area is 172 Å². The molecule has 5 heteroatoms. The maximum Gasteiger partial charge on any atom is 0.274 e. The number of likely N-dealkylation sites (N-methyl/N-ethyl adjacent to an activating group) is 1. The zero-order valence-electron chi connectivity index (χ0n) is 17.5. The largest absolute Gasteiger partial charge is 0.373 e. The van der Waals surface area contributed by atoms with Gasteiger partial charge in [0.25, 0.3) is 5.91 Å². The monoisotopic (exact) mass is 388 g/mol. The summed E-state index contributed by atoms with van der Waals surface area (Å²) in [5.74, 6) is 0.141. The van der Waals surface area contributed by atoms with Gasteiger partial charge in [-0.25, -0.2) is 4.98 Å². The third-order valence-corrected chi connectivity index (χ3v) is 5.07. The molecule has 1 amide bonds. The van der Waals surface area contributed by atoms with E-state index in [4.69, 9.17) is 0 Å². The number of rotatable bonds is 7. The van der Waals surface area contributed by atoms with Crippen LogP contribution in [0.5, 0.6) is 0 Å². The van der Waals surface area contributed by atoms with Crippen LogP contribution in [0.3, 0.4) is 0 Å². The maximum absolute atomic E-state index is 12.7. The summed E-state index contributed by atoms with van der Waals surface area (Å²) in [6.45, 7) is 7.12. The molecule has 150 valence electrons. The number of hydrogen-bond acceptors (Lipinski definition) is 4. The third kappa shape index (κ3) is 5.19. The highest BCUT2D eigenvalue weighted by atomic mass is 16.1. The Bertz CT molecular complexity index is 952. The van der Waals surface area contributed by atoms with Gasteiger partial charge in [0.1, 0.15) is 5.69 Å². The third-order valence-electron chi connectivity index (χ3n) is 5.07. The Kier molecular flexibility index (Phi) is 6.60. The van der Waals surface area contributed by atoms with Gasteiger partial charge in [-0.05, 0) is 60.2 Å². The average Bonchev–Trinajstić information content (AvgIpc) is 2.74. The number of para-hydroxylation sites is 1. The number of amides is 1. The summed E-state index contributed by atoms with van der Waals surface area (Å²) in [5.41, 5.74) is 5.70. The van der Waals surface area contributed by atoms with Gasteiger partial charge in [-0.2, -0.15) is 0 Å². The molecule has 0 saturated carbocycles. The molecule has 2 heterocycles. The highest BCUT2D eigenvalue weighted by Crippen LogP contribution is 2.27. The number of benzene rings is 1. The fourth-order valence-electron chi connectivity index (χ4n) is 3.24. The highest BCUT2D eigenvalue weighted by Gasteiger charge is 2.14. The first kappa shape index (κ1) is 20.5. The quantitative estimate of drug-likeness (QED) is 0.629. The molecule has 0 fully saturated rings. The number of carbonyl (C=O) groups excluding carboxylic acids is 1. The molecule has 0 aliphatic heterocycles. The van der Waals surface area contributed by atoms with Gasteiger partial charge in [0.05, 0.1) is 11.9 Å². The van der Waals surface area contributed by atoms with Crippen molar-refractivity contribution in [3.63, 3.8) is 0 Å². The molecule has 29 heavy (non-hydrogen) atoms. The van der Waals surface area contributed by atoms with Crippen molar-refractivity contribution in [2.75, 3.05) is 23.8 Å². The molecule has 5 nitrogen and oxygen atoms in total. The number of carbonyl (C=O) groups is 1. The molecule has 0 aliphatic rings. The molecule has 0 unspecified atom stereocenters. The smallest absolute Gasteiger partial charge is 0.274 e. The summed E-state index contributed by atoms with van der Waals surface area (Å²) in [5, 5.41) is 3.05. The predicted molar refractivity (Wildman–Crippen MR) is 119 cm³/mol. The average molecular weight is 389 g/mol. The van der Waals surface area contributed by atoms with Crippen molar-refractivity contribution in [3.05, 3.63) is 83.4 Å². The molecule has 0 radical (unpaired) electrons. The minimum atomic E-state index is -0.188. The summed E-state index contributed by atoms with van der Waals surface area (Å²) in [6, 6.07) is 13.9. The van der Waals surface area contributed by atoms with Crippen LogP contribution in [-0.2, 0) is 6.42 Å². The van der Waals surface area contributed by atoms with Crippen molar-refractivity contribution < 1.29 is 4.79 Å². The van der Waals surface area contributed by atoms with Crippen molar-refractivity contribution in [3.8, 4) is 0 Å². The number of hydrogen-bond donors (Lipinski definition) is 1. The Morgan fingerprint density at radius 2 is 1.86 bits per heavy atom.